The zero-order valence-corrected chi connectivity index (χ0v) is 6.33. The molecule has 0 spiro atoms. The number of ketones is 1. The van der Waals surface area contributed by atoms with Gasteiger partial charge < -0.3 is 4.74 Å². The number of Topliss-reactive ketones (excluding diaryl/α,β-unsaturated/α-hetero) is 1. The molecule has 58 valence electrons. The van der Waals surface area contributed by atoms with Gasteiger partial charge in [-0.15, -0.1) is 0 Å². The van der Waals surface area contributed by atoms with E-state index in [0.29, 0.717) is 6.61 Å². The summed E-state index contributed by atoms with van der Waals surface area (Å²) in [6.07, 6.45) is 2.87. The van der Waals surface area contributed by atoms with Gasteiger partial charge >= 0.3 is 0 Å². The minimum atomic E-state index is -0.767. The van der Waals surface area contributed by atoms with Crippen LogP contribution in [0.25, 0.3) is 0 Å². The fraction of sp³-hybridized carbons (Fsp3) is 0.571. The smallest absolute Gasteiger partial charge is 0.173 e. The van der Waals surface area contributed by atoms with Crippen molar-refractivity contribution in [3.05, 3.63) is 12.2 Å². The molecule has 0 radical (unpaired) electrons. The second-order valence-electron chi connectivity index (χ2n) is 1.93. The third kappa shape index (κ3) is 4.23. The lowest BCUT2D eigenvalue weighted by Crippen LogP contribution is -2.31. The largest absolute Gasteiger partial charge is 0.352 e. The van der Waals surface area contributed by atoms with Crippen LogP contribution >= 0.6 is 0 Å². The second-order valence-corrected chi connectivity index (χ2v) is 1.93. The Morgan fingerprint density at radius 2 is 2.40 bits per heavy atom. The van der Waals surface area contributed by atoms with Crippen molar-refractivity contribution in [2.75, 3.05) is 6.61 Å². The number of hydrogen-bond acceptors (Lipinski definition) is 3. The highest BCUT2D eigenvalue weighted by Crippen LogP contribution is 1.85. The lowest BCUT2D eigenvalue weighted by atomic mass is 10.4. The fourth-order valence-corrected chi connectivity index (χ4v) is 0.373. The van der Waals surface area contributed by atoms with E-state index in [9.17, 15) is 4.79 Å². The van der Waals surface area contributed by atoms with Crippen molar-refractivity contribution in [1.82, 2.24) is 0 Å². The van der Waals surface area contributed by atoms with Gasteiger partial charge in [-0.05, 0) is 13.8 Å². The van der Waals surface area contributed by atoms with Crippen molar-refractivity contribution < 1.29 is 9.53 Å². The van der Waals surface area contributed by atoms with E-state index in [0.717, 1.165) is 0 Å². The van der Waals surface area contributed by atoms with Crippen molar-refractivity contribution in [3.63, 3.8) is 0 Å². The molecule has 0 saturated heterocycles. The number of allylic oxidation sites excluding steroid dienone is 1. The van der Waals surface area contributed by atoms with E-state index in [-0.39, 0.29) is 5.78 Å². The summed E-state index contributed by atoms with van der Waals surface area (Å²) in [7, 11) is 0. The van der Waals surface area contributed by atoms with Crippen LogP contribution in [0.1, 0.15) is 13.8 Å². The summed E-state index contributed by atoms with van der Waals surface area (Å²) in [6.45, 7) is 3.68. The third-order valence-electron chi connectivity index (χ3n) is 1.01. The number of carbonyl (C=O) groups excluding carboxylic acids is 1. The molecule has 0 aliphatic heterocycles. The van der Waals surface area contributed by atoms with Gasteiger partial charge in [-0.25, -0.2) is 0 Å². The minimum absolute atomic E-state index is 0.149. The second kappa shape index (κ2) is 5.14. The van der Waals surface area contributed by atoms with Crippen molar-refractivity contribution in [2.24, 2.45) is 5.73 Å². The van der Waals surface area contributed by atoms with Crippen molar-refractivity contribution in [2.45, 2.75) is 20.1 Å². The van der Waals surface area contributed by atoms with E-state index in [4.69, 9.17) is 10.5 Å². The first-order chi connectivity index (χ1) is 4.68. The SMILES string of the molecule is C/C=C\COC(N)C(C)=O. The Hall–Kier alpha value is -0.670. The molecular formula is C7H13NO2. The van der Waals surface area contributed by atoms with Gasteiger partial charge in [0.1, 0.15) is 0 Å². The van der Waals surface area contributed by atoms with Gasteiger partial charge in [0.15, 0.2) is 12.0 Å². The van der Waals surface area contributed by atoms with Crippen molar-refractivity contribution in [1.29, 1.82) is 0 Å². The van der Waals surface area contributed by atoms with E-state index in [1.807, 2.05) is 13.0 Å². The van der Waals surface area contributed by atoms with Gasteiger partial charge in [0.25, 0.3) is 0 Å². The molecule has 0 bridgehead atoms. The van der Waals surface area contributed by atoms with Crippen LogP contribution in [0.4, 0.5) is 0 Å². The van der Waals surface area contributed by atoms with Gasteiger partial charge in [-0.3, -0.25) is 10.5 Å². The van der Waals surface area contributed by atoms with E-state index >= 15 is 0 Å². The quantitative estimate of drug-likeness (QED) is 0.459. The molecule has 1 atom stereocenters. The number of carbonyl (C=O) groups is 1. The van der Waals surface area contributed by atoms with E-state index in [1.54, 1.807) is 6.08 Å². The highest BCUT2D eigenvalue weighted by molar-refractivity contribution is 5.79. The van der Waals surface area contributed by atoms with E-state index in [2.05, 4.69) is 0 Å². The summed E-state index contributed by atoms with van der Waals surface area (Å²) >= 11 is 0. The number of hydrogen-bond donors (Lipinski definition) is 1. The molecular weight excluding hydrogens is 130 g/mol. The van der Waals surface area contributed by atoms with Gasteiger partial charge in [-0.2, -0.15) is 0 Å². The Morgan fingerprint density at radius 3 is 2.80 bits per heavy atom. The Morgan fingerprint density at radius 1 is 1.80 bits per heavy atom. The monoisotopic (exact) mass is 143 g/mol. The van der Waals surface area contributed by atoms with Crippen LogP contribution in [0.5, 0.6) is 0 Å². The minimum Gasteiger partial charge on any atom is -0.352 e. The Kier molecular flexibility index (Phi) is 4.80. The number of rotatable bonds is 4. The molecule has 1 unspecified atom stereocenters. The van der Waals surface area contributed by atoms with Crippen LogP contribution in [0.2, 0.25) is 0 Å². The first-order valence-corrected chi connectivity index (χ1v) is 3.17. The fourth-order valence-electron chi connectivity index (χ4n) is 0.373. The first-order valence-electron chi connectivity index (χ1n) is 3.17. The molecule has 0 aliphatic carbocycles. The number of nitrogens with two attached hydrogens (primary N) is 1. The molecule has 0 aromatic carbocycles. The predicted octanol–water partition coefficient (Wildman–Crippen LogP) is 0.453. The van der Waals surface area contributed by atoms with Crippen LogP contribution in [-0.4, -0.2) is 18.6 Å². The normalized spacial score (nSPS) is 13.9. The molecule has 3 nitrogen and oxygen atoms in total. The average molecular weight is 143 g/mol. The van der Waals surface area contributed by atoms with Crippen molar-refractivity contribution >= 4 is 5.78 Å². The first kappa shape index (κ1) is 9.33. The van der Waals surface area contributed by atoms with Gasteiger partial charge in [-0.1, -0.05) is 12.2 Å². The highest BCUT2D eigenvalue weighted by Gasteiger charge is 2.05. The van der Waals surface area contributed by atoms with E-state index < -0.39 is 6.23 Å². The average Bonchev–Trinajstić information content (AvgIpc) is 1.88. The van der Waals surface area contributed by atoms with Crippen LogP contribution < -0.4 is 5.73 Å². The van der Waals surface area contributed by atoms with Crippen LogP contribution in [0, 0.1) is 0 Å². The Labute approximate surface area is 60.9 Å². The topological polar surface area (TPSA) is 52.3 Å². The lowest BCUT2D eigenvalue weighted by Gasteiger charge is -2.05. The molecule has 0 heterocycles. The zero-order chi connectivity index (χ0) is 7.98. The molecule has 0 rings (SSSR count). The van der Waals surface area contributed by atoms with Gasteiger partial charge in [0.2, 0.25) is 0 Å². The molecule has 0 saturated carbocycles. The maximum absolute atomic E-state index is 10.5. The molecule has 2 N–H and O–H groups in total. The molecule has 0 fully saturated rings. The summed E-state index contributed by atoms with van der Waals surface area (Å²) in [5, 5.41) is 0. The van der Waals surface area contributed by atoms with Crippen LogP contribution in [-0.2, 0) is 9.53 Å². The number of ether oxygens (including phenoxy) is 1. The summed E-state index contributed by atoms with van der Waals surface area (Å²) in [6, 6.07) is 0. The standard InChI is InChI=1S/C7H13NO2/c1-3-4-5-10-7(8)6(2)9/h3-4,7H,5,8H2,1-2H3/b4-3-. The summed E-state index contributed by atoms with van der Waals surface area (Å²) in [5.41, 5.74) is 5.25. The summed E-state index contributed by atoms with van der Waals surface area (Å²) < 4.78 is 4.89. The zero-order valence-electron chi connectivity index (χ0n) is 6.33. The molecule has 0 amide bonds. The Bertz CT molecular complexity index is 132. The molecule has 0 aliphatic rings. The predicted molar refractivity (Wildman–Crippen MR) is 39.4 cm³/mol. The maximum atomic E-state index is 10.5. The molecule has 0 aromatic rings. The highest BCUT2D eigenvalue weighted by atomic mass is 16.5. The molecule has 0 aromatic heterocycles. The Balaban J connectivity index is 3.39. The van der Waals surface area contributed by atoms with Crippen molar-refractivity contribution in [3.8, 4) is 0 Å². The van der Waals surface area contributed by atoms with E-state index in [1.165, 1.54) is 6.92 Å². The lowest BCUT2D eigenvalue weighted by molar-refractivity contribution is -0.127. The summed E-state index contributed by atoms with van der Waals surface area (Å²) in [5.74, 6) is -0.149. The van der Waals surface area contributed by atoms with Crippen LogP contribution in [0.15, 0.2) is 12.2 Å². The van der Waals surface area contributed by atoms with Gasteiger partial charge in [0, 0.05) is 0 Å². The molecule has 10 heavy (non-hydrogen) atoms. The summed E-state index contributed by atoms with van der Waals surface area (Å²) in [4.78, 5) is 10.5. The molecule has 3 heteroatoms. The van der Waals surface area contributed by atoms with Crippen LogP contribution in [0.3, 0.4) is 0 Å². The van der Waals surface area contributed by atoms with Gasteiger partial charge in [0.05, 0.1) is 6.61 Å². The maximum Gasteiger partial charge on any atom is 0.173 e. The third-order valence-corrected chi connectivity index (χ3v) is 1.01.